The summed E-state index contributed by atoms with van der Waals surface area (Å²) in [4.78, 5) is 0. The molecule has 0 saturated heterocycles. The van der Waals surface area contributed by atoms with Crippen LogP contribution in [0.1, 0.15) is 46.6 Å². The maximum Gasteiger partial charge on any atom is 0.697 e. The largest absolute Gasteiger partial charge is 0.697 e. The van der Waals surface area contributed by atoms with E-state index in [1.165, 1.54) is 0 Å². The molecule has 0 atom stereocenters. The van der Waals surface area contributed by atoms with Crippen LogP contribution in [0, 0.1) is 11.8 Å². The quantitative estimate of drug-likeness (QED) is 0.628. The van der Waals surface area contributed by atoms with E-state index in [1.54, 1.807) is 0 Å². The molecule has 0 fully saturated rings. The number of rotatable bonds is 6. The smallest absolute Gasteiger partial charge is 0.119 e. The summed E-state index contributed by atoms with van der Waals surface area (Å²) >= 11 is 0. The van der Waals surface area contributed by atoms with Gasteiger partial charge in [-0.2, -0.15) is 0 Å². The van der Waals surface area contributed by atoms with Gasteiger partial charge in [0.25, 0.3) is 0 Å². The molecule has 12 heavy (non-hydrogen) atoms. The molecule has 0 aliphatic rings. The monoisotopic (exact) mass is 207 g/mol. The maximum atomic E-state index is 11.6. The highest BCUT2D eigenvalue weighted by Gasteiger charge is 2.20. The second-order valence-corrected chi connectivity index (χ2v) is 2.69. The van der Waals surface area contributed by atoms with E-state index in [2.05, 4.69) is 9.05 Å². The van der Waals surface area contributed by atoms with Crippen LogP contribution in [-0.4, -0.2) is 13.2 Å². The Bertz CT molecular complexity index is 430. The van der Waals surface area contributed by atoms with Gasteiger partial charge in [-0.15, -0.1) is 9.05 Å². The fourth-order valence-electron chi connectivity index (χ4n) is 0.272. The summed E-state index contributed by atoms with van der Waals surface area (Å²) in [6, 6.07) is 0. The lowest BCUT2D eigenvalue weighted by molar-refractivity contribution is 0.192. The molecular weight excluding hydrogens is 175 g/mol. The topological polar surface area (TPSA) is 35.5 Å². The lowest BCUT2D eigenvalue weighted by atomic mass is 10.2. The molecule has 0 aromatic heterocycles. The molecular formula is C8H18O3P+. The molecule has 0 saturated carbocycles. The normalized spacial score (nSPS) is 34.3. The molecule has 0 unspecified atom stereocenters. The highest BCUT2D eigenvalue weighted by Crippen LogP contribution is 2.25. The fraction of sp³-hybridized carbons (Fsp3) is 1.00. The van der Waals surface area contributed by atoms with Crippen LogP contribution >= 0.6 is 8.25 Å². The molecule has 0 heterocycles. The predicted molar refractivity (Wildman–Crippen MR) is 49.2 cm³/mol. The maximum absolute atomic E-state index is 11.6. The summed E-state index contributed by atoms with van der Waals surface area (Å²) in [6.45, 7) is -16.1. The van der Waals surface area contributed by atoms with Gasteiger partial charge in [0.1, 0.15) is 13.2 Å². The molecule has 0 aliphatic heterocycles. The molecule has 0 N–H and O–H groups in total. The molecule has 3 nitrogen and oxygen atoms in total. The van der Waals surface area contributed by atoms with E-state index in [0.717, 1.165) is 0 Å². The minimum atomic E-state index is -3.39. The number of hydrogen-bond acceptors (Lipinski definition) is 3. The summed E-state index contributed by atoms with van der Waals surface area (Å²) < 4.78 is 121. The van der Waals surface area contributed by atoms with Crippen molar-refractivity contribution in [2.45, 2.75) is 27.4 Å². The summed E-state index contributed by atoms with van der Waals surface area (Å²) in [7, 11) is -3.39. The van der Waals surface area contributed by atoms with Gasteiger partial charge in [-0.3, -0.25) is 0 Å². The third kappa shape index (κ3) is 8.12. The van der Waals surface area contributed by atoms with Gasteiger partial charge in [-0.05, 0) is 11.8 Å². The summed E-state index contributed by atoms with van der Waals surface area (Å²) in [5.74, 6) is -6.30. The molecule has 0 aromatic rings. The Kier molecular flexibility index (Phi) is 1.27. The van der Waals surface area contributed by atoms with Gasteiger partial charge in [0.15, 0.2) is 0 Å². The Morgan fingerprint density at radius 2 is 1.67 bits per heavy atom. The molecule has 0 rings (SSSR count). The van der Waals surface area contributed by atoms with Gasteiger partial charge < -0.3 is 0 Å². The molecule has 0 amide bonds. The fourth-order valence-corrected chi connectivity index (χ4v) is 0.815. The summed E-state index contributed by atoms with van der Waals surface area (Å²) in [5.41, 5.74) is 0. The van der Waals surface area contributed by atoms with Crippen molar-refractivity contribution in [1.82, 2.24) is 0 Å². The predicted octanol–water partition coefficient (Wildman–Crippen LogP) is 2.99. The van der Waals surface area contributed by atoms with E-state index in [0.29, 0.717) is 0 Å². The van der Waals surface area contributed by atoms with Gasteiger partial charge in [0, 0.05) is 23.8 Å². The van der Waals surface area contributed by atoms with Crippen LogP contribution in [-0.2, 0) is 13.6 Å². The van der Waals surface area contributed by atoms with Gasteiger partial charge in [-0.1, -0.05) is 27.4 Å². The van der Waals surface area contributed by atoms with Gasteiger partial charge in [0.05, 0.1) is 0 Å². The van der Waals surface area contributed by atoms with Crippen LogP contribution in [0.5, 0.6) is 0 Å². The molecule has 0 bridgehead atoms. The van der Waals surface area contributed by atoms with E-state index in [1.807, 2.05) is 0 Å². The van der Waals surface area contributed by atoms with E-state index < -0.39 is 60.7 Å². The first-order valence-corrected chi connectivity index (χ1v) is 3.93. The third-order valence-electron chi connectivity index (χ3n) is 0.629. The van der Waals surface area contributed by atoms with E-state index >= 15 is 0 Å². The van der Waals surface area contributed by atoms with Gasteiger partial charge in [0.2, 0.25) is 0 Å². The van der Waals surface area contributed by atoms with Crippen LogP contribution in [0.2, 0.25) is 0 Å². The molecule has 0 spiro atoms. The van der Waals surface area contributed by atoms with E-state index in [9.17, 15) is 4.57 Å². The van der Waals surface area contributed by atoms with Crippen molar-refractivity contribution in [2.75, 3.05) is 13.2 Å². The van der Waals surface area contributed by atoms with Crippen molar-refractivity contribution in [3.63, 3.8) is 0 Å². The van der Waals surface area contributed by atoms with Gasteiger partial charge >= 0.3 is 8.25 Å². The van der Waals surface area contributed by atoms with Crippen molar-refractivity contribution < 1.29 is 32.8 Å². The van der Waals surface area contributed by atoms with Crippen LogP contribution in [0.3, 0.4) is 0 Å². The lowest BCUT2D eigenvalue weighted by Gasteiger charge is -1.97. The Balaban J connectivity index is 5.17. The Hall–Kier alpha value is 0.0200. The second-order valence-electron chi connectivity index (χ2n) is 1.73. The Morgan fingerprint density at radius 3 is 2.00 bits per heavy atom. The second kappa shape index (κ2) is 6.53. The average molecular weight is 207 g/mol. The summed E-state index contributed by atoms with van der Waals surface area (Å²) in [6.07, 6.45) is 0. The third-order valence-corrected chi connectivity index (χ3v) is 1.31. The zero-order valence-corrected chi connectivity index (χ0v) is 6.98. The minimum Gasteiger partial charge on any atom is -0.119 e. The first-order chi connectivity index (χ1) is 11.1. The average Bonchev–Trinajstić information content (AvgIpc) is 2.36. The van der Waals surface area contributed by atoms with Crippen molar-refractivity contribution in [3.05, 3.63) is 0 Å². The van der Waals surface area contributed by atoms with Crippen molar-refractivity contribution >= 4 is 8.25 Å². The van der Waals surface area contributed by atoms with Crippen molar-refractivity contribution in [2.24, 2.45) is 11.8 Å². The highest BCUT2D eigenvalue weighted by atomic mass is 31.1. The molecule has 72 valence electrons. The first-order valence-electron chi connectivity index (χ1n) is 9.83. The molecule has 0 radical (unpaired) electrons. The minimum absolute atomic E-state index is 1.39. The molecule has 0 aromatic carbocycles. The SMILES string of the molecule is [2H]C([2H])([2H])C([2H])(CO[P+](=O)OCC([2H])(C([2H])([2H])[2H])C([2H])([2H])[2H])C([2H])([2H])[2H]. The van der Waals surface area contributed by atoms with Crippen LogP contribution in [0.15, 0.2) is 0 Å². The van der Waals surface area contributed by atoms with Gasteiger partial charge in [-0.25, -0.2) is 0 Å². The Morgan fingerprint density at radius 1 is 1.25 bits per heavy atom. The van der Waals surface area contributed by atoms with Crippen molar-refractivity contribution in [3.8, 4) is 0 Å². The Labute approximate surface area is 95.1 Å². The highest BCUT2D eigenvalue weighted by molar-refractivity contribution is 7.33. The van der Waals surface area contributed by atoms with Crippen LogP contribution in [0.25, 0.3) is 0 Å². The molecule has 4 heteroatoms. The standard InChI is InChI=1S/C8H18O3P/c1-7(2)5-10-12(9)11-6-8(3)4/h7-8H,5-6H2,1-4H3/q+1/i1D3,2D3,3D3,4D3,7D,8D. The zero-order valence-electron chi connectivity index (χ0n) is 20.1. The van der Waals surface area contributed by atoms with Crippen LogP contribution < -0.4 is 0 Å². The van der Waals surface area contributed by atoms with Crippen LogP contribution in [0.4, 0.5) is 0 Å². The first kappa shape index (κ1) is 2.33. The zero-order chi connectivity index (χ0) is 21.4. The lowest BCUT2D eigenvalue weighted by Crippen LogP contribution is -2.00. The van der Waals surface area contributed by atoms with E-state index in [4.69, 9.17) is 19.2 Å². The number of hydrogen-bond donors (Lipinski definition) is 0. The van der Waals surface area contributed by atoms with Crippen molar-refractivity contribution in [1.29, 1.82) is 0 Å². The van der Waals surface area contributed by atoms with E-state index in [-0.39, 0.29) is 0 Å². The molecule has 0 aliphatic carbocycles. The summed E-state index contributed by atoms with van der Waals surface area (Å²) in [5, 5.41) is 0.